The molecule has 0 atom stereocenters. The van der Waals surface area contributed by atoms with E-state index in [1.54, 1.807) is 12.1 Å². The monoisotopic (exact) mass is 225 g/mol. The van der Waals surface area contributed by atoms with Gasteiger partial charge in [0.25, 0.3) is 6.54 Å². The van der Waals surface area contributed by atoms with Gasteiger partial charge in [0, 0.05) is 10.9 Å². The Morgan fingerprint density at radius 2 is 2.12 bits per heavy atom. The Morgan fingerprint density at radius 3 is 2.75 bits per heavy atom. The lowest BCUT2D eigenvalue weighted by molar-refractivity contribution is 1.19. The first kappa shape index (κ1) is 10.4. The largest absolute Gasteiger partial charge is 0.309 e. The number of rotatable bonds is 2. The predicted molar refractivity (Wildman–Crippen MR) is 62.6 cm³/mol. The van der Waals surface area contributed by atoms with Crippen LogP contribution < -0.4 is 0 Å². The topological polar surface area (TPSA) is 41.0 Å². The predicted octanol–water partition coefficient (Wildman–Crippen LogP) is 3.10. The summed E-state index contributed by atoms with van der Waals surface area (Å²) in [6.07, 6.45) is 0. The fourth-order valence-corrected chi connectivity index (χ4v) is 2.03. The molecular formula is C12H7N3S. The van der Waals surface area contributed by atoms with E-state index in [1.165, 1.54) is 11.3 Å². The van der Waals surface area contributed by atoms with Gasteiger partial charge in [-0.25, -0.2) is 11.6 Å². The quantitative estimate of drug-likeness (QED) is 0.737. The van der Waals surface area contributed by atoms with E-state index in [-0.39, 0.29) is 0 Å². The van der Waals surface area contributed by atoms with E-state index in [0.717, 1.165) is 16.3 Å². The van der Waals surface area contributed by atoms with E-state index in [1.807, 2.05) is 17.5 Å². The van der Waals surface area contributed by atoms with Gasteiger partial charge in [-0.3, -0.25) is 0 Å². The van der Waals surface area contributed by atoms with Gasteiger partial charge in [-0.05, 0) is 12.1 Å². The molecule has 0 aliphatic carbocycles. The van der Waals surface area contributed by atoms with Crippen molar-refractivity contribution in [1.29, 1.82) is 5.26 Å². The molecule has 76 valence electrons. The third-order valence-electron chi connectivity index (χ3n) is 2.08. The van der Waals surface area contributed by atoms with Crippen molar-refractivity contribution < 1.29 is 0 Å². The summed E-state index contributed by atoms with van der Waals surface area (Å²) in [6.45, 7) is 7.10. The molecule has 1 heterocycles. The summed E-state index contributed by atoms with van der Waals surface area (Å²) >= 11 is 1.49. The van der Waals surface area contributed by atoms with Crippen molar-refractivity contribution in [3.05, 3.63) is 51.6 Å². The Morgan fingerprint density at radius 1 is 1.38 bits per heavy atom. The van der Waals surface area contributed by atoms with Crippen molar-refractivity contribution in [3.63, 3.8) is 0 Å². The van der Waals surface area contributed by atoms with Gasteiger partial charge >= 0.3 is 0 Å². The number of nitrogens with zero attached hydrogens (tertiary/aromatic N) is 3. The zero-order chi connectivity index (χ0) is 11.4. The van der Waals surface area contributed by atoms with Crippen molar-refractivity contribution in [2.75, 3.05) is 0 Å². The van der Waals surface area contributed by atoms with Crippen LogP contribution >= 0.6 is 11.3 Å². The number of thiazole rings is 1. The van der Waals surface area contributed by atoms with Gasteiger partial charge in [0.2, 0.25) is 0 Å². The maximum Gasteiger partial charge on any atom is 0.265 e. The summed E-state index contributed by atoms with van der Waals surface area (Å²) < 4.78 is 0. The normalized spacial score (nSPS) is 9.38. The molecule has 16 heavy (non-hydrogen) atoms. The molecule has 0 unspecified atom stereocenters. The van der Waals surface area contributed by atoms with Crippen molar-refractivity contribution in [1.82, 2.24) is 4.98 Å². The molecule has 0 bridgehead atoms. The lowest BCUT2D eigenvalue weighted by atomic mass is 10.1. The number of hydrogen-bond acceptors (Lipinski definition) is 3. The third-order valence-corrected chi connectivity index (χ3v) is 2.91. The van der Waals surface area contributed by atoms with Crippen molar-refractivity contribution >= 4 is 11.3 Å². The lowest BCUT2D eigenvalue weighted by Gasteiger charge is -1.95. The van der Waals surface area contributed by atoms with Gasteiger partial charge in [-0.15, -0.1) is 11.3 Å². The standard InChI is InChI=1S/C12H7N3S/c1-14-7-12-15-11(8-16-12)10-4-2-9(6-13)3-5-10/h2-5,8H,7H2. The first-order valence-corrected chi connectivity index (χ1v) is 5.49. The van der Waals surface area contributed by atoms with Crippen LogP contribution in [0.3, 0.4) is 0 Å². The lowest BCUT2D eigenvalue weighted by Crippen LogP contribution is -1.81. The number of benzene rings is 1. The second-order valence-corrected chi connectivity index (χ2v) is 4.07. The second-order valence-electron chi connectivity index (χ2n) is 3.13. The maximum absolute atomic E-state index is 8.68. The van der Waals surface area contributed by atoms with Gasteiger partial charge in [0.05, 0.1) is 17.3 Å². The highest BCUT2D eigenvalue weighted by molar-refractivity contribution is 7.09. The Bertz CT molecular complexity index is 570. The summed E-state index contributed by atoms with van der Waals surface area (Å²) in [7, 11) is 0. The molecule has 0 amide bonds. The van der Waals surface area contributed by atoms with Gasteiger partial charge in [-0.2, -0.15) is 5.26 Å². The van der Waals surface area contributed by atoms with Crippen LogP contribution in [0.25, 0.3) is 16.1 Å². The Balaban J connectivity index is 2.29. The fraction of sp³-hybridized carbons (Fsp3) is 0.0833. The van der Waals surface area contributed by atoms with Crippen LogP contribution in [0.4, 0.5) is 0 Å². The molecule has 0 saturated carbocycles. The van der Waals surface area contributed by atoms with Crippen LogP contribution in [-0.4, -0.2) is 4.98 Å². The average molecular weight is 225 g/mol. The highest BCUT2D eigenvalue weighted by Gasteiger charge is 2.05. The van der Waals surface area contributed by atoms with Gasteiger partial charge < -0.3 is 4.85 Å². The van der Waals surface area contributed by atoms with Crippen LogP contribution in [0.15, 0.2) is 29.6 Å². The van der Waals surface area contributed by atoms with E-state index < -0.39 is 0 Å². The molecule has 3 nitrogen and oxygen atoms in total. The molecular weight excluding hydrogens is 218 g/mol. The molecule has 0 radical (unpaired) electrons. The molecule has 0 N–H and O–H groups in total. The molecule has 0 aliphatic heterocycles. The van der Waals surface area contributed by atoms with Crippen LogP contribution in [0, 0.1) is 17.9 Å². The molecule has 2 rings (SSSR count). The zero-order valence-electron chi connectivity index (χ0n) is 8.34. The molecule has 4 heteroatoms. The SMILES string of the molecule is [C-]#[N+]Cc1nc(-c2ccc(C#N)cc2)cs1. The van der Waals surface area contributed by atoms with Crippen molar-refractivity contribution in [2.24, 2.45) is 0 Å². The number of nitriles is 1. The Kier molecular flexibility index (Phi) is 2.95. The van der Waals surface area contributed by atoms with Crippen LogP contribution in [0.2, 0.25) is 0 Å². The minimum Gasteiger partial charge on any atom is -0.309 e. The first-order chi connectivity index (χ1) is 7.83. The van der Waals surface area contributed by atoms with E-state index in [2.05, 4.69) is 15.9 Å². The van der Waals surface area contributed by atoms with Crippen LogP contribution in [0.5, 0.6) is 0 Å². The highest BCUT2D eigenvalue weighted by Crippen LogP contribution is 2.22. The summed E-state index contributed by atoms with van der Waals surface area (Å²) in [4.78, 5) is 7.64. The molecule has 0 saturated heterocycles. The van der Waals surface area contributed by atoms with E-state index in [4.69, 9.17) is 11.8 Å². The first-order valence-electron chi connectivity index (χ1n) is 4.61. The number of aromatic nitrogens is 1. The Hall–Kier alpha value is -2.17. The summed E-state index contributed by atoms with van der Waals surface area (Å²) in [6, 6.07) is 9.35. The van der Waals surface area contributed by atoms with Crippen LogP contribution in [-0.2, 0) is 6.54 Å². The minimum absolute atomic E-state index is 0.334. The molecule has 1 aromatic heterocycles. The smallest absolute Gasteiger partial charge is 0.265 e. The second kappa shape index (κ2) is 4.57. The highest BCUT2D eigenvalue weighted by atomic mass is 32.1. The summed E-state index contributed by atoms with van der Waals surface area (Å²) in [5.41, 5.74) is 2.49. The zero-order valence-corrected chi connectivity index (χ0v) is 9.16. The average Bonchev–Trinajstić information content (AvgIpc) is 2.78. The maximum atomic E-state index is 8.68. The summed E-state index contributed by atoms with van der Waals surface area (Å²) in [5, 5.41) is 11.4. The van der Waals surface area contributed by atoms with Gasteiger partial charge in [-0.1, -0.05) is 12.1 Å². The minimum atomic E-state index is 0.334. The molecule has 1 aromatic carbocycles. The van der Waals surface area contributed by atoms with Gasteiger partial charge in [0.15, 0.2) is 5.01 Å². The fourth-order valence-electron chi connectivity index (χ4n) is 1.30. The van der Waals surface area contributed by atoms with Crippen molar-refractivity contribution in [3.8, 4) is 17.3 Å². The van der Waals surface area contributed by atoms with E-state index >= 15 is 0 Å². The molecule has 2 aromatic rings. The third kappa shape index (κ3) is 2.08. The van der Waals surface area contributed by atoms with Crippen LogP contribution in [0.1, 0.15) is 10.6 Å². The Labute approximate surface area is 97.4 Å². The molecule has 0 fully saturated rings. The van der Waals surface area contributed by atoms with E-state index in [9.17, 15) is 0 Å². The van der Waals surface area contributed by atoms with E-state index in [0.29, 0.717) is 12.1 Å². The molecule has 0 spiro atoms. The summed E-state index contributed by atoms with van der Waals surface area (Å²) in [5.74, 6) is 0. The van der Waals surface area contributed by atoms with Gasteiger partial charge in [0.1, 0.15) is 0 Å². The van der Waals surface area contributed by atoms with Crippen molar-refractivity contribution in [2.45, 2.75) is 6.54 Å². The number of hydrogen-bond donors (Lipinski definition) is 0. The molecule has 0 aliphatic rings.